The van der Waals surface area contributed by atoms with Crippen LogP contribution < -0.4 is 0 Å². The molecule has 0 spiro atoms. The molecule has 0 saturated heterocycles. The molecule has 0 N–H and O–H groups in total. The first-order chi connectivity index (χ1) is 14.2. The van der Waals surface area contributed by atoms with Gasteiger partial charge in [-0.25, -0.2) is 0 Å². The van der Waals surface area contributed by atoms with Crippen LogP contribution in [0.5, 0.6) is 0 Å². The van der Waals surface area contributed by atoms with Crippen LogP contribution >= 0.6 is 0 Å². The summed E-state index contributed by atoms with van der Waals surface area (Å²) in [5.74, 6) is -39.6. The van der Waals surface area contributed by atoms with E-state index in [2.05, 4.69) is 0 Å². The van der Waals surface area contributed by atoms with E-state index in [0.717, 1.165) is 0 Å². The molecular formula is C14H13AsF18. The van der Waals surface area contributed by atoms with E-state index >= 15 is 0 Å². The summed E-state index contributed by atoms with van der Waals surface area (Å²) in [5.41, 5.74) is 0. The van der Waals surface area contributed by atoms with Gasteiger partial charge in [-0.05, 0) is 0 Å². The van der Waals surface area contributed by atoms with Crippen LogP contribution in [0.1, 0.15) is 25.7 Å². The van der Waals surface area contributed by atoms with Gasteiger partial charge in [0.2, 0.25) is 0 Å². The average Bonchev–Trinajstić information content (AvgIpc) is 2.58. The zero-order valence-electron chi connectivity index (χ0n) is 15.5. The van der Waals surface area contributed by atoms with Crippen molar-refractivity contribution < 1.29 is 79.0 Å². The minimum absolute atomic E-state index is 0.593. The summed E-state index contributed by atoms with van der Waals surface area (Å²) in [7, 11) is 0. The summed E-state index contributed by atoms with van der Waals surface area (Å²) in [5, 5.41) is -1.19. The maximum absolute atomic E-state index is 13.2. The van der Waals surface area contributed by atoms with Gasteiger partial charge in [0.1, 0.15) is 0 Å². The molecule has 33 heavy (non-hydrogen) atoms. The van der Waals surface area contributed by atoms with Gasteiger partial charge in [-0.15, -0.1) is 0 Å². The maximum atomic E-state index is 13.2. The van der Waals surface area contributed by atoms with Gasteiger partial charge in [-0.1, -0.05) is 0 Å². The third-order valence-electron chi connectivity index (χ3n) is 4.11. The second-order valence-electron chi connectivity index (χ2n) is 6.66. The Labute approximate surface area is 179 Å². The number of halogens is 18. The van der Waals surface area contributed by atoms with Gasteiger partial charge in [0.05, 0.1) is 0 Å². The Hall–Kier alpha value is -0.702. The van der Waals surface area contributed by atoms with Crippen molar-refractivity contribution in [3.05, 3.63) is 0 Å². The molecule has 0 aliphatic carbocycles. The zero-order valence-corrected chi connectivity index (χ0v) is 17.6. The molecule has 0 atom stereocenters. The molecule has 0 bridgehead atoms. The molecule has 200 valence electrons. The van der Waals surface area contributed by atoms with Crippen LogP contribution in [0.4, 0.5) is 79.0 Å². The number of hydrogen-bond acceptors (Lipinski definition) is 0. The molecule has 0 heterocycles. The second-order valence-corrected chi connectivity index (χ2v) is 9.81. The van der Waals surface area contributed by atoms with Crippen molar-refractivity contribution in [3.63, 3.8) is 0 Å². The predicted octanol–water partition coefficient (Wildman–Crippen LogP) is 7.76. The van der Waals surface area contributed by atoms with E-state index in [1.54, 1.807) is 0 Å². The minimum atomic E-state index is -7.09. The summed E-state index contributed by atoms with van der Waals surface area (Å²) >= 11 is -1.78. The van der Waals surface area contributed by atoms with Gasteiger partial charge in [-0.2, -0.15) is 0 Å². The summed E-state index contributed by atoms with van der Waals surface area (Å²) in [6, 6.07) is 0. The van der Waals surface area contributed by atoms with Gasteiger partial charge >= 0.3 is 179 Å². The molecule has 0 rings (SSSR count). The van der Waals surface area contributed by atoms with Crippen molar-refractivity contribution in [2.45, 2.75) is 84.0 Å². The first-order valence-corrected chi connectivity index (χ1v) is 11.3. The zero-order chi connectivity index (χ0) is 26.9. The van der Waals surface area contributed by atoms with Gasteiger partial charge in [-0.3, -0.25) is 0 Å². The standard InChI is InChI=1S/C14H13AsF18/c16-7(17,9(20,21)11(24,25)13(28,29)30)3-1-5-15-6-2-4-8(18,19)10(22,23)12(26,27)14(31,32)33/h15H,1-6H2. The third kappa shape index (κ3) is 6.30. The van der Waals surface area contributed by atoms with Gasteiger partial charge < -0.3 is 0 Å². The van der Waals surface area contributed by atoms with Gasteiger partial charge in [0.15, 0.2) is 0 Å². The summed E-state index contributed by atoms with van der Waals surface area (Å²) in [4.78, 5) is 0. The molecule has 0 radical (unpaired) electrons. The Bertz CT molecular complexity index is 577. The first kappa shape index (κ1) is 32.3. The van der Waals surface area contributed by atoms with Crippen LogP contribution in [0, 0.1) is 0 Å². The van der Waals surface area contributed by atoms with Crippen LogP contribution in [-0.2, 0) is 0 Å². The van der Waals surface area contributed by atoms with Crippen molar-refractivity contribution in [1.29, 1.82) is 0 Å². The predicted molar refractivity (Wildman–Crippen MR) is 77.0 cm³/mol. The van der Waals surface area contributed by atoms with E-state index in [0.29, 0.717) is 0 Å². The summed E-state index contributed by atoms with van der Waals surface area (Å²) in [6.07, 6.45) is -20.6. The van der Waals surface area contributed by atoms with E-state index in [4.69, 9.17) is 0 Å². The van der Waals surface area contributed by atoms with Crippen molar-refractivity contribution in [1.82, 2.24) is 0 Å². The average molecular weight is 598 g/mol. The van der Waals surface area contributed by atoms with Crippen LogP contribution in [0.2, 0.25) is 10.4 Å². The van der Waals surface area contributed by atoms with E-state index in [-0.39, 0.29) is 0 Å². The van der Waals surface area contributed by atoms with Crippen LogP contribution in [0.15, 0.2) is 0 Å². The fraction of sp³-hybridized carbons (Fsp3) is 1.00. The fourth-order valence-electron chi connectivity index (χ4n) is 2.13. The van der Waals surface area contributed by atoms with Gasteiger partial charge in [0.25, 0.3) is 0 Å². The van der Waals surface area contributed by atoms with E-state index < -0.39 is 99.7 Å². The molecule has 0 unspecified atom stereocenters. The molecule has 0 aliphatic heterocycles. The van der Waals surface area contributed by atoms with E-state index in [1.807, 2.05) is 0 Å². The SMILES string of the molecule is FC(F)(F)C(F)(F)C(F)(F)C(F)(F)CCC[AsH]CCCC(F)(F)C(F)(F)C(F)(F)C(F)(F)F. The third-order valence-corrected chi connectivity index (χ3v) is 7.08. The van der Waals surface area contributed by atoms with Crippen molar-refractivity contribution in [2.75, 3.05) is 0 Å². The van der Waals surface area contributed by atoms with E-state index in [1.165, 1.54) is 0 Å². The molecule has 0 saturated carbocycles. The molecular weight excluding hydrogens is 585 g/mol. The van der Waals surface area contributed by atoms with Crippen LogP contribution in [0.25, 0.3) is 0 Å². The molecule has 0 nitrogen and oxygen atoms in total. The molecule has 0 amide bonds. The van der Waals surface area contributed by atoms with Crippen molar-refractivity contribution in [3.8, 4) is 0 Å². The number of alkyl halides is 18. The fourth-order valence-corrected chi connectivity index (χ4v) is 4.44. The quantitative estimate of drug-likeness (QED) is 0.123. The van der Waals surface area contributed by atoms with Crippen LogP contribution in [-0.4, -0.2) is 63.6 Å². The first-order valence-electron chi connectivity index (χ1n) is 8.32. The van der Waals surface area contributed by atoms with Gasteiger partial charge in [0, 0.05) is 0 Å². The molecule has 0 fully saturated rings. The Morgan fingerprint density at radius 1 is 0.364 bits per heavy atom. The summed E-state index contributed by atoms with van der Waals surface area (Å²) in [6.45, 7) is 0. The monoisotopic (exact) mass is 598 g/mol. The number of rotatable bonds is 12. The second kappa shape index (κ2) is 9.75. The van der Waals surface area contributed by atoms with Crippen molar-refractivity contribution in [2.24, 2.45) is 0 Å². The Kier molecular flexibility index (Phi) is 9.54. The number of hydrogen-bond donors (Lipinski definition) is 0. The van der Waals surface area contributed by atoms with Crippen LogP contribution in [0.3, 0.4) is 0 Å². The molecule has 0 aliphatic rings. The Morgan fingerprint density at radius 3 is 0.818 bits per heavy atom. The molecule has 19 heteroatoms. The Balaban J connectivity index is 4.77. The normalized spacial score (nSPS) is 15.8. The van der Waals surface area contributed by atoms with Crippen molar-refractivity contribution >= 4 is 15.8 Å². The topological polar surface area (TPSA) is 0 Å². The van der Waals surface area contributed by atoms with E-state index in [9.17, 15) is 79.0 Å². The molecule has 0 aromatic carbocycles. The molecule has 0 aromatic rings. The molecule has 0 aromatic heterocycles. The Morgan fingerprint density at radius 2 is 0.606 bits per heavy atom. The summed E-state index contributed by atoms with van der Waals surface area (Å²) < 4.78 is 227.